The van der Waals surface area contributed by atoms with Crippen LogP contribution >= 0.6 is 0 Å². The van der Waals surface area contributed by atoms with Crippen molar-refractivity contribution in [1.82, 2.24) is 0 Å². The summed E-state index contributed by atoms with van der Waals surface area (Å²) >= 11 is 0. The molecule has 0 saturated carbocycles. The summed E-state index contributed by atoms with van der Waals surface area (Å²) in [5, 5.41) is 9.91. The van der Waals surface area contributed by atoms with Gasteiger partial charge in [0.05, 0.1) is 11.5 Å². The summed E-state index contributed by atoms with van der Waals surface area (Å²) in [6, 6.07) is 8.57. The van der Waals surface area contributed by atoms with Crippen LogP contribution in [0, 0.1) is 10.1 Å². The van der Waals surface area contributed by atoms with Crippen molar-refractivity contribution in [2.45, 2.75) is 0 Å². The molecule has 6 heteroatoms. The second kappa shape index (κ2) is 7.13. The average molecular weight is 237 g/mol. The maximum atomic E-state index is 11.2. The van der Waals surface area contributed by atoms with Crippen LogP contribution in [0.25, 0.3) is 0 Å². The summed E-state index contributed by atoms with van der Waals surface area (Å²) in [5.74, 6) is -0.118. The molecule has 0 aliphatic heterocycles. The van der Waals surface area contributed by atoms with Crippen LogP contribution in [0.15, 0.2) is 42.6 Å². The Morgan fingerprint density at radius 2 is 2.06 bits per heavy atom. The molecule has 1 aromatic carbocycles. The van der Waals surface area contributed by atoms with Gasteiger partial charge in [-0.1, -0.05) is 18.2 Å². The number of esters is 1. The molecule has 0 radical (unpaired) electrons. The van der Waals surface area contributed by atoms with Crippen molar-refractivity contribution < 1.29 is 19.2 Å². The van der Waals surface area contributed by atoms with E-state index < -0.39 is 10.9 Å². The Kier molecular flexibility index (Phi) is 5.39. The second-order valence-electron chi connectivity index (χ2n) is 2.97. The number of nitro groups is 1. The van der Waals surface area contributed by atoms with Gasteiger partial charge in [-0.15, -0.1) is 0 Å². The van der Waals surface area contributed by atoms with Crippen molar-refractivity contribution in [2.75, 3.05) is 13.2 Å². The fourth-order valence-corrected chi connectivity index (χ4v) is 0.989. The highest BCUT2D eigenvalue weighted by Crippen LogP contribution is 2.08. The smallest absolute Gasteiger partial charge is 0.337 e. The predicted molar refractivity (Wildman–Crippen MR) is 59.0 cm³/mol. The highest BCUT2D eigenvalue weighted by atomic mass is 16.6. The molecule has 0 aromatic heterocycles. The van der Waals surface area contributed by atoms with Gasteiger partial charge in [0.1, 0.15) is 12.4 Å². The van der Waals surface area contributed by atoms with Crippen LogP contribution in [0.1, 0.15) is 0 Å². The maximum absolute atomic E-state index is 11.2. The number of para-hydroxylation sites is 1. The van der Waals surface area contributed by atoms with Crippen molar-refractivity contribution in [3.05, 3.63) is 52.7 Å². The molecule has 0 aliphatic carbocycles. The number of nitrogens with zero attached hydrogens (tertiary/aromatic N) is 1. The summed E-state index contributed by atoms with van der Waals surface area (Å²) in [4.78, 5) is 20.5. The number of hydrogen-bond acceptors (Lipinski definition) is 5. The standard InChI is InChI=1S/C11H11NO5/c13-11(9-16-8-4-7-12(14)15)17-10-5-2-1-3-6-10/h1-7H,8-9H2. The molecule has 0 atom stereocenters. The van der Waals surface area contributed by atoms with Crippen LogP contribution in [0.4, 0.5) is 0 Å². The first-order valence-corrected chi connectivity index (χ1v) is 4.82. The number of carbonyl (C=O) groups is 1. The van der Waals surface area contributed by atoms with Crippen LogP contribution in [0.2, 0.25) is 0 Å². The minimum atomic E-state index is -0.606. The van der Waals surface area contributed by atoms with Crippen molar-refractivity contribution in [1.29, 1.82) is 0 Å². The molecule has 0 aliphatic rings. The SMILES string of the molecule is O=C(COCC=C[N+](=O)[O-])Oc1ccccc1. The quantitative estimate of drug-likeness (QED) is 0.245. The molecule has 1 rings (SSSR count). The Bertz CT molecular complexity index is 402. The Balaban J connectivity index is 2.20. The van der Waals surface area contributed by atoms with Crippen LogP contribution in [-0.4, -0.2) is 24.1 Å². The van der Waals surface area contributed by atoms with Crippen LogP contribution in [0.5, 0.6) is 5.75 Å². The Hall–Kier alpha value is -2.21. The van der Waals surface area contributed by atoms with Crippen LogP contribution < -0.4 is 4.74 Å². The molecule has 0 saturated heterocycles. The first-order valence-electron chi connectivity index (χ1n) is 4.82. The van der Waals surface area contributed by atoms with E-state index >= 15 is 0 Å². The largest absolute Gasteiger partial charge is 0.425 e. The molecule has 0 N–H and O–H groups in total. The summed E-state index contributed by atoms with van der Waals surface area (Å²) < 4.78 is 9.77. The van der Waals surface area contributed by atoms with Crippen molar-refractivity contribution >= 4 is 5.97 Å². The van der Waals surface area contributed by atoms with Crippen LogP contribution in [0.3, 0.4) is 0 Å². The lowest BCUT2D eigenvalue weighted by Crippen LogP contribution is -2.15. The summed E-state index contributed by atoms with van der Waals surface area (Å²) in [6.45, 7) is -0.262. The van der Waals surface area contributed by atoms with Crippen molar-refractivity contribution in [3.63, 3.8) is 0 Å². The fraction of sp³-hybridized carbons (Fsp3) is 0.182. The molecule has 1 aromatic rings. The molecule has 0 heterocycles. The van der Waals surface area contributed by atoms with Gasteiger partial charge in [0, 0.05) is 6.08 Å². The Labute approximate surface area is 97.6 Å². The highest BCUT2D eigenvalue weighted by Gasteiger charge is 2.03. The van der Waals surface area contributed by atoms with Gasteiger partial charge in [-0.25, -0.2) is 4.79 Å². The highest BCUT2D eigenvalue weighted by molar-refractivity contribution is 5.73. The lowest BCUT2D eigenvalue weighted by atomic mass is 10.3. The van der Waals surface area contributed by atoms with E-state index in [1.807, 2.05) is 0 Å². The molecule has 0 fully saturated rings. The van der Waals surface area contributed by atoms with Gasteiger partial charge in [-0.2, -0.15) is 0 Å². The molecule has 0 spiro atoms. The third-order valence-corrected chi connectivity index (χ3v) is 1.64. The van der Waals surface area contributed by atoms with Gasteiger partial charge in [-0.3, -0.25) is 10.1 Å². The summed E-state index contributed by atoms with van der Waals surface area (Å²) in [5.41, 5.74) is 0. The molecular formula is C11H11NO5. The fourth-order valence-electron chi connectivity index (χ4n) is 0.989. The predicted octanol–water partition coefficient (Wildman–Crippen LogP) is 1.40. The minimum absolute atomic E-state index is 0.00906. The first-order chi connectivity index (χ1) is 8.18. The zero-order valence-electron chi connectivity index (χ0n) is 8.94. The molecule has 0 unspecified atom stereocenters. The van der Waals surface area contributed by atoms with Gasteiger partial charge >= 0.3 is 5.97 Å². The lowest BCUT2D eigenvalue weighted by Gasteiger charge is -2.03. The Morgan fingerprint density at radius 3 is 2.71 bits per heavy atom. The first kappa shape index (κ1) is 12.9. The van der Waals surface area contributed by atoms with E-state index in [9.17, 15) is 14.9 Å². The number of rotatable bonds is 6. The van der Waals surface area contributed by atoms with E-state index in [1.54, 1.807) is 30.3 Å². The normalized spacial score (nSPS) is 10.4. The number of ether oxygens (including phenoxy) is 2. The van der Waals surface area contributed by atoms with E-state index in [2.05, 4.69) is 0 Å². The number of hydrogen-bond donors (Lipinski definition) is 0. The maximum Gasteiger partial charge on any atom is 0.337 e. The summed E-state index contributed by atoms with van der Waals surface area (Å²) in [7, 11) is 0. The van der Waals surface area contributed by atoms with Crippen molar-refractivity contribution in [2.24, 2.45) is 0 Å². The van der Waals surface area contributed by atoms with Crippen LogP contribution in [-0.2, 0) is 9.53 Å². The Morgan fingerprint density at radius 1 is 1.35 bits per heavy atom. The van der Waals surface area contributed by atoms with Gasteiger partial charge < -0.3 is 9.47 Å². The van der Waals surface area contributed by atoms with E-state index in [0.29, 0.717) is 5.75 Å². The third-order valence-electron chi connectivity index (χ3n) is 1.64. The third kappa shape index (κ3) is 6.06. The van der Waals surface area contributed by atoms with Gasteiger partial charge in [-0.05, 0) is 12.1 Å². The number of carbonyl (C=O) groups excluding carboxylic acids is 1. The second-order valence-corrected chi connectivity index (χ2v) is 2.97. The lowest BCUT2D eigenvalue weighted by molar-refractivity contribution is -0.402. The zero-order valence-corrected chi connectivity index (χ0v) is 8.94. The van der Waals surface area contributed by atoms with Crippen molar-refractivity contribution in [3.8, 4) is 5.75 Å². The van der Waals surface area contributed by atoms with E-state index in [4.69, 9.17) is 9.47 Å². The van der Waals surface area contributed by atoms with Gasteiger partial charge in [0.2, 0.25) is 6.20 Å². The van der Waals surface area contributed by atoms with E-state index in [-0.39, 0.29) is 13.2 Å². The zero-order chi connectivity index (χ0) is 12.5. The monoisotopic (exact) mass is 237 g/mol. The number of benzene rings is 1. The van der Waals surface area contributed by atoms with Gasteiger partial charge in [0.15, 0.2) is 0 Å². The van der Waals surface area contributed by atoms with E-state index in [1.165, 1.54) is 6.08 Å². The minimum Gasteiger partial charge on any atom is -0.425 e. The molecule has 90 valence electrons. The molecule has 6 nitrogen and oxygen atoms in total. The van der Waals surface area contributed by atoms with Gasteiger partial charge in [0.25, 0.3) is 0 Å². The molecule has 0 bridgehead atoms. The molecule has 0 amide bonds. The topological polar surface area (TPSA) is 78.7 Å². The van der Waals surface area contributed by atoms with E-state index in [0.717, 1.165) is 6.20 Å². The summed E-state index contributed by atoms with van der Waals surface area (Å²) in [6.07, 6.45) is 1.96. The molecular weight excluding hydrogens is 226 g/mol. The molecule has 17 heavy (non-hydrogen) atoms. The average Bonchev–Trinajstić information content (AvgIpc) is 2.29.